The summed E-state index contributed by atoms with van der Waals surface area (Å²) < 4.78 is 0. The molecule has 1 saturated heterocycles. The number of nitrogens with zero attached hydrogens (tertiary/aromatic N) is 1. The van der Waals surface area contributed by atoms with E-state index in [-0.39, 0.29) is 17.7 Å². The van der Waals surface area contributed by atoms with Gasteiger partial charge in [0.05, 0.1) is 4.88 Å². The Bertz CT molecular complexity index is 453. The van der Waals surface area contributed by atoms with E-state index in [1.807, 2.05) is 30.2 Å². The Balaban J connectivity index is 2.02. The van der Waals surface area contributed by atoms with E-state index in [1.54, 1.807) is 6.07 Å². The van der Waals surface area contributed by atoms with Crippen LogP contribution in [-0.2, 0) is 4.79 Å². The fourth-order valence-corrected chi connectivity index (χ4v) is 2.84. The van der Waals surface area contributed by atoms with Gasteiger partial charge in [-0.3, -0.25) is 9.59 Å². The van der Waals surface area contributed by atoms with E-state index < -0.39 is 6.04 Å². The summed E-state index contributed by atoms with van der Waals surface area (Å²) in [5.41, 5.74) is 0. The minimum atomic E-state index is -0.456. The highest BCUT2D eigenvalue weighted by molar-refractivity contribution is 7.12. The normalized spacial score (nSPS) is 17.1. The van der Waals surface area contributed by atoms with Gasteiger partial charge in [0.15, 0.2) is 0 Å². The summed E-state index contributed by atoms with van der Waals surface area (Å²) >= 11 is 1.39. The molecule has 1 aromatic rings. The van der Waals surface area contributed by atoms with Crippen LogP contribution in [0.1, 0.15) is 23.5 Å². The van der Waals surface area contributed by atoms with Crippen molar-refractivity contribution in [3.05, 3.63) is 22.4 Å². The minimum Gasteiger partial charge on any atom is -0.339 e. The van der Waals surface area contributed by atoms with E-state index in [1.165, 1.54) is 11.3 Å². The Morgan fingerprint density at radius 2 is 2.05 bits per heavy atom. The van der Waals surface area contributed by atoms with Crippen molar-refractivity contribution in [3.63, 3.8) is 0 Å². The zero-order valence-corrected chi connectivity index (χ0v) is 12.7. The lowest BCUT2D eigenvalue weighted by Gasteiger charge is -2.32. The number of carbonyl (C=O) groups excluding carboxylic acids is 2. The molecule has 110 valence electrons. The van der Waals surface area contributed by atoms with Crippen LogP contribution in [0.15, 0.2) is 17.5 Å². The lowest BCUT2D eigenvalue weighted by Crippen LogP contribution is -2.55. The first-order valence-electron chi connectivity index (χ1n) is 6.93. The zero-order valence-electron chi connectivity index (χ0n) is 11.9. The number of hydrogen-bond acceptors (Lipinski definition) is 4. The molecule has 5 nitrogen and oxygen atoms in total. The number of piperazine rings is 1. The van der Waals surface area contributed by atoms with Crippen molar-refractivity contribution in [3.8, 4) is 0 Å². The largest absolute Gasteiger partial charge is 0.339 e. The average molecular weight is 295 g/mol. The molecule has 1 unspecified atom stereocenters. The van der Waals surface area contributed by atoms with Crippen molar-refractivity contribution < 1.29 is 9.59 Å². The Hall–Kier alpha value is -1.40. The molecular weight excluding hydrogens is 274 g/mol. The predicted octanol–water partition coefficient (Wildman–Crippen LogP) is 0.934. The van der Waals surface area contributed by atoms with Gasteiger partial charge < -0.3 is 15.5 Å². The maximum Gasteiger partial charge on any atom is 0.262 e. The van der Waals surface area contributed by atoms with Crippen LogP contribution < -0.4 is 10.6 Å². The standard InChI is InChI=1S/C14H21N3O2S/c1-10(2)12(14(19)17-7-5-15-6-8-17)16-13(18)11-4-3-9-20-11/h3-4,9-10,12,15H,5-8H2,1-2H3,(H,16,18). The second-order valence-corrected chi connectivity index (χ2v) is 6.20. The van der Waals surface area contributed by atoms with Gasteiger partial charge in [0.1, 0.15) is 6.04 Å². The van der Waals surface area contributed by atoms with Gasteiger partial charge in [-0.05, 0) is 17.4 Å². The van der Waals surface area contributed by atoms with E-state index in [9.17, 15) is 9.59 Å². The van der Waals surface area contributed by atoms with E-state index in [4.69, 9.17) is 0 Å². The van der Waals surface area contributed by atoms with E-state index in [0.29, 0.717) is 18.0 Å². The maximum atomic E-state index is 12.5. The van der Waals surface area contributed by atoms with Gasteiger partial charge >= 0.3 is 0 Å². The number of rotatable bonds is 4. The van der Waals surface area contributed by atoms with Crippen molar-refractivity contribution >= 4 is 23.2 Å². The summed E-state index contributed by atoms with van der Waals surface area (Å²) in [5.74, 6) is -0.0742. The number of hydrogen-bond donors (Lipinski definition) is 2. The van der Waals surface area contributed by atoms with Gasteiger partial charge in [-0.25, -0.2) is 0 Å². The average Bonchev–Trinajstić information content (AvgIpc) is 2.98. The van der Waals surface area contributed by atoms with Crippen molar-refractivity contribution in [1.82, 2.24) is 15.5 Å². The third-order valence-electron chi connectivity index (χ3n) is 3.39. The van der Waals surface area contributed by atoms with Crippen molar-refractivity contribution in [1.29, 1.82) is 0 Å². The van der Waals surface area contributed by atoms with Crippen LogP contribution in [0.3, 0.4) is 0 Å². The third-order valence-corrected chi connectivity index (χ3v) is 4.26. The molecule has 2 heterocycles. The highest BCUT2D eigenvalue weighted by Gasteiger charge is 2.29. The number of nitrogens with one attached hydrogen (secondary N) is 2. The van der Waals surface area contributed by atoms with Crippen LogP contribution in [0.5, 0.6) is 0 Å². The van der Waals surface area contributed by atoms with Crippen molar-refractivity contribution in [2.45, 2.75) is 19.9 Å². The summed E-state index contributed by atoms with van der Waals surface area (Å²) in [7, 11) is 0. The molecule has 1 aliphatic heterocycles. The Labute approximate surface area is 123 Å². The molecule has 0 bridgehead atoms. The molecule has 1 aliphatic rings. The smallest absolute Gasteiger partial charge is 0.262 e. The third kappa shape index (κ3) is 3.58. The van der Waals surface area contributed by atoms with Gasteiger partial charge in [-0.1, -0.05) is 19.9 Å². The van der Waals surface area contributed by atoms with E-state index in [0.717, 1.165) is 13.1 Å². The van der Waals surface area contributed by atoms with Gasteiger partial charge in [0.25, 0.3) is 5.91 Å². The van der Waals surface area contributed by atoms with Crippen LogP contribution >= 0.6 is 11.3 Å². The molecule has 1 atom stereocenters. The molecule has 2 amide bonds. The molecule has 0 saturated carbocycles. The van der Waals surface area contributed by atoms with Crippen LogP contribution in [0.4, 0.5) is 0 Å². The monoisotopic (exact) mass is 295 g/mol. The second kappa shape index (κ2) is 6.85. The van der Waals surface area contributed by atoms with Crippen LogP contribution in [0.25, 0.3) is 0 Å². The summed E-state index contributed by atoms with van der Waals surface area (Å²) in [5, 5.41) is 7.96. The lowest BCUT2D eigenvalue weighted by molar-refractivity contribution is -0.134. The zero-order chi connectivity index (χ0) is 14.5. The molecule has 6 heteroatoms. The van der Waals surface area contributed by atoms with Crippen molar-refractivity contribution in [2.24, 2.45) is 5.92 Å². The van der Waals surface area contributed by atoms with Crippen LogP contribution in [-0.4, -0.2) is 48.9 Å². The van der Waals surface area contributed by atoms with Crippen LogP contribution in [0.2, 0.25) is 0 Å². The van der Waals surface area contributed by atoms with Gasteiger partial charge in [-0.2, -0.15) is 0 Å². The fourth-order valence-electron chi connectivity index (χ4n) is 2.22. The van der Waals surface area contributed by atoms with Crippen LogP contribution in [0, 0.1) is 5.92 Å². The SMILES string of the molecule is CC(C)C(NC(=O)c1cccs1)C(=O)N1CCNCC1. The maximum absolute atomic E-state index is 12.5. The quantitative estimate of drug-likeness (QED) is 0.869. The summed E-state index contributed by atoms with van der Waals surface area (Å²) in [6.45, 7) is 6.96. The second-order valence-electron chi connectivity index (χ2n) is 5.25. The first kappa shape index (κ1) is 15.0. The molecule has 0 radical (unpaired) electrons. The molecule has 1 aromatic heterocycles. The molecule has 2 rings (SSSR count). The summed E-state index contributed by atoms with van der Waals surface area (Å²) in [6.07, 6.45) is 0. The van der Waals surface area contributed by atoms with E-state index >= 15 is 0 Å². The van der Waals surface area contributed by atoms with E-state index in [2.05, 4.69) is 10.6 Å². The Morgan fingerprint density at radius 3 is 2.60 bits per heavy atom. The molecule has 0 spiro atoms. The Kier molecular flexibility index (Phi) is 5.14. The topological polar surface area (TPSA) is 61.4 Å². The van der Waals surface area contributed by atoms with Gasteiger partial charge in [0.2, 0.25) is 5.91 Å². The molecule has 1 fully saturated rings. The molecule has 20 heavy (non-hydrogen) atoms. The molecular formula is C14H21N3O2S. The number of carbonyl (C=O) groups is 2. The first-order chi connectivity index (χ1) is 9.59. The first-order valence-corrected chi connectivity index (χ1v) is 7.81. The minimum absolute atomic E-state index is 0.0198. The summed E-state index contributed by atoms with van der Waals surface area (Å²) in [4.78, 5) is 27.1. The lowest BCUT2D eigenvalue weighted by atomic mass is 10.0. The Morgan fingerprint density at radius 1 is 1.35 bits per heavy atom. The van der Waals surface area contributed by atoms with Gasteiger partial charge in [-0.15, -0.1) is 11.3 Å². The molecule has 0 aromatic carbocycles. The molecule has 2 N–H and O–H groups in total. The number of amides is 2. The van der Waals surface area contributed by atoms with Gasteiger partial charge in [0, 0.05) is 26.2 Å². The number of thiophene rings is 1. The fraction of sp³-hybridized carbons (Fsp3) is 0.571. The molecule has 0 aliphatic carbocycles. The highest BCUT2D eigenvalue weighted by atomic mass is 32.1. The predicted molar refractivity (Wildman–Crippen MR) is 79.9 cm³/mol. The highest BCUT2D eigenvalue weighted by Crippen LogP contribution is 2.12. The van der Waals surface area contributed by atoms with Crippen molar-refractivity contribution in [2.75, 3.05) is 26.2 Å². The summed E-state index contributed by atoms with van der Waals surface area (Å²) in [6, 6.07) is 3.15.